The van der Waals surface area contributed by atoms with E-state index in [2.05, 4.69) is 26.1 Å². The SMILES string of the molecule is CCCCCCCCCCCCCCCCCCCCCCCCC(O)C(=O)N[C@@H](COP(=O)([O-])OCC[N+](C)(C)C)[C@H](O)[C@H](O)CCCCCCCCCCC(C)C. The van der Waals surface area contributed by atoms with Crippen molar-refractivity contribution in [2.24, 2.45) is 5.92 Å². The van der Waals surface area contributed by atoms with E-state index in [1.807, 2.05) is 21.1 Å². The molecule has 0 aromatic heterocycles. The van der Waals surface area contributed by atoms with Crippen molar-refractivity contribution < 1.29 is 43.1 Å². The smallest absolute Gasteiger partial charge is 0.268 e. The molecular formula is C48H99N2O8P. The number of amides is 1. The molecule has 2 unspecified atom stereocenters. The Bertz CT molecular complexity index is 981. The lowest BCUT2D eigenvalue weighted by Crippen LogP contribution is -2.53. The molecule has 4 N–H and O–H groups in total. The standard InChI is InChI=1S/C48H99N2O8P/c1-7-8-9-10-11-12-13-14-15-16-17-18-19-20-21-22-23-24-25-30-33-36-39-46(52)48(54)49-44(42-58-59(55,56)57-41-40-50(4,5)6)47(53)45(51)38-35-32-29-27-26-28-31-34-37-43(2)3/h43-47,51-53H,7-42H2,1-6H3,(H-,49,54,55,56)/t44-,45+,46?,47-/m0/s1. The number of nitrogens with one attached hydrogen (secondary N) is 1. The summed E-state index contributed by atoms with van der Waals surface area (Å²) in [7, 11) is 0.990. The molecule has 0 aliphatic carbocycles. The van der Waals surface area contributed by atoms with Crippen LogP contribution in [0.5, 0.6) is 0 Å². The van der Waals surface area contributed by atoms with Crippen molar-refractivity contribution in [3.05, 3.63) is 0 Å². The summed E-state index contributed by atoms with van der Waals surface area (Å²) in [6.45, 7) is 6.53. The van der Waals surface area contributed by atoms with Gasteiger partial charge in [0.15, 0.2) is 0 Å². The number of carbonyl (C=O) groups is 1. The number of phosphoric ester groups is 1. The van der Waals surface area contributed by atoms with Gasteiger partial charge < -0.3 is 39.1 Å². The minimum Gasteiger partial charge on any atom is -0.756 e. The van der Waals surface area contributed by atoms with Crippen LogP contribution in [0, 0.1) is 5.92 Å². The zero-order valence-corrected chi connectivity index (χ0v) is 40.5. The van der Waals surface area contributed by atoms with Gasteiger partial charge in [0.1, 0.15) is 25.4 Å². The van der Waals surface area contributed by atoms with Crippen LogP contribution in [0.3, 0.4) is 0 Å². The van der Waals surface area contributed by atoms with Gasteiger partial charge in [-0.2, -0.15) is 0 Å². The Morgan fingerprint density at radius 3 is 1.31 bits per heavy atom. The second-order valence-electron chi connectivity index (χ2n) is 19.3. The third-order valence-electron chi connectivity index (χ3n) is 11.7. The average molecular weight is 863 g/mol. The van der Waals surface area contributed by atoms with Crippen molar-refractivity contribution in [2.45, 2.75) is 257 Å². The van der Waals surface area contributed by atoms with E-state index in [4.69, 9.17) is 9.05 Å². The Morgan fingerprint density at radius 1 is 0.576 bits per heavy atom. The van der Waals surface area contributed by atoms with Crippen LogP contribution in [-0.4, -0.2) is 91.0 Å². The number of aliphatic hydroxyl groups excluding tert-OH is 3. The normalized spacial score (nSPS) is 15.3. The predicted octanol–water partition coefficient (Wildman–Crippen LogP) is 11.3. The van der Waals surface area contributed by atoms with E-state index in [-0.39, 0.29) is 13.0 Å². The molecule has 0 fully saturated rings. The number of nitrogens with zero attached hydrogens (tertiary/aromatic N) is 1. The molecule has 11 heteroatoms. The molecule has 354 valence electrons. The number of aliphatic hydroxyl groups is 3. The van der Waals surface area contributed by atoms with Crippen LogP contribution in [0.15, 0.2) is 0 Å². The van der Waals surface area contributed by atoms with Crippen molar-refractivity contribution in [1.29, 1.82) is 0 Å². The molecule has 0 aromatic carbocycles. The third kappa shape index (κ3) is 40.0. The van der Waals surface area contributed by atoms with E-state index < -0.39 is 44.7 Å². The van der Waals surface area contributed by atoms with Gasteiger partial charge in [0, 0.05) is 0 Å². The summed E-state index contributed by atoms with van der Waals surface area (Å²) >= 11 is 0. The first-order chi connectivity index (χ1) is 28.2. The third-order valence-corrected chi connectivity index (χ3v) is 12.7. The van der Waals surface area contributed by atoms with Gasteiger partial charge in [-0.15, -0.1) is 0 Å². The lowest BCUT2D eigenvalue weighted by atomic mass is 9.99. The summed E-state index contributed by atoms with van der Waals surface area (Å²) in [5.41, 5.74) is 0. The van der Waals surface area contributed by atoms with Gasteiger partial charge in [-0.1, -0.05) is 220 Å². The fourth-order valence-corrected chi connectivity index (χ4v) is 8.35. The largest absolute Gasteiger partial charge is 0.756 e. The molecule has 1 amide bonds. The highest BCUT2D eigenvalue weighted by Gasteiger charge is 2.31. The zero-order chi connectivity index (χ0) is 44.0. The van der Waals surface area contributed by atoms with Crippen LogP contribution in [0.1, 0.15) is 233 Å². The van der Waals surface area contributed by atoms with Crippen LogP contribution in [-0.2, 0) is 18.4 Å². The molecule has 0 bridgehead atoms. The molecule has 0 aromatic rings. The molecule has 0 radical (unpaired) electrons. The number of quaternary nitrogens is 1. The summed E-state index contributed by atoms with van der Waals surface area (Å²) in [6.07, 6.45) is 35.1. The van der Waals surface area contributed by atoms with Gasteiger partial charge in [-0.25, -0.2) is 0 Å². The molecule has 0 aliphatic rings. The van der Waals surface area contributed by atoms with E-state index >= 15 is 0 Å². The molecular weight excluding hydrogens is 764 g/mol. The quantitative estimate of drug-likeness (QED) is 0.0269. The number of rotatable bonds is 45. The summed E-state index contributed by atoms with van der Waals surface area (Å²) in [5.74, 6) is 0.0404. The lowest BCUT2D eigenvalue weighted by Gasteiger charge is -2.31. The highest BCUT2D eigenvalue weighted by molar-refractivity contribution is 7.45. The van der Waals surface area contributed by atoms with Crippen LogP contribution in [0.2, 0.25) is 0 Å². The first-order valence-corrected chi connectivity index (χ1v) is 26.4. The summed E-state index contributed by atoms with van der Waals surface area (Å²) in [4.78, 5) is 25.5. The first kappa shape index (κ1) is 58.4. The van der Waals surface area contributed by atoms with E-state index in [0.29, 0.717) is 30.3 Å². The van der Waals surface area contributed by atoms with Crippen molar-refractivity contribution in [1.82, 2.24) is 5.32 Å². The predicted molar refractivity (Wildman–Crippen MR) is 245 cm³/mol. The molecule has 10 nitrogen and oxygen atoms in total. The Hall–Kier alpha value is -0.580. The molecule has 59 heavy (non-hydrogen) atoms. The van der Waals surface area contributed by atoms with Crippen molar-refractivity contribution in [3.63, 3.8) is 0 Å². The van der Waals surface area contributed by atoms with E-state index in [0.717, 1.165) is 44.4 Å². The van der Waals surface area contributed by atoms with Crippen LogP contribution >= 0.6 is 7.82 Å². The highest BCUT2D eigenvalue weighted by Crippen LogP contribution is 2.38. The second kappa shape index (κ2) is 39.0. The molecule has 0 aliphatic heterocycles. The van der Waals surface area contributed by atoms with Crippen molar-refractivity contribution in [2.75, 3.05) is 40.9 Å². The number of hydrogen-bond acceptors (Lipinski definition) is 8. The zero-order valence-electron chi connectivity index (χ0n) is 39.6. The number of carbonyl (C=O) groups excluding carboxylic acids is 1. The first-order valence-electron chi connectivity index (χ1n) is 24.9. The molecule has 0 heterocycles. The fourth-order valence-electron chi connectivity index (χ4n) is 7.62. The van der Waals surface area contributed by atoms with Gasteiger partial charge in [-0.3, -0.25) is 9.36 Å². The molecule has 0 rings (SSSR count). The number of likely N-dealkylation sites (N-methyl/N-ethyl adjacent to an activating group) is 1. The fraction of sp³-hybridized carbons (Fsp3) is 0.979. The van der Waals surface area contributed by atoms with Gasteiger partial charge >= 0.3 is 0 Å². The molecule has 0 spiro atoms. The summed E-state index contributed by atoms with van der Waals surface area (Å²) in [5, 5.41) is 35.1. The summed E-state index contributed by atoms with van der Waals surface area (Å²) in [6, 6.07) is -1.24. The van der Waals surface area contributed by atoms with Crippen LogP contribution in [0.25, 0.3) is 0 Å². The second-order valence-corrected chi connectivity index (χ2v) is 20.7. The van der Waals surface area contributed by atoms with Crippen LogP contribution in [0.4, 0.5) is 0 Å². The number of phosphoric acid groups is 1. The van der Waals surface area contributed by atoms with Crippen molar-refractivity contribution >= 4 is 13.7 Å². The monoisotopic (exact) mass is 863 g/mol. The minimum absolute atomic E-state index is 0.0807. The van der Waals surface area contributed by atoms with Gasteiger partial charge in [0.25, 0.3) is 7.82 Å². The topological polar surface area (TPSA) is 148 Å². The highest BCUT2D eigenvalue weighted by atomic mass is 31.2. The minimum atomic E-state index is -4.74. The van der Waals surface area contributed by atoms with Gasteiger partial charge in [-0.05, 0) is 18.8 Å². The summed E-state index contributed by atoms with van der Waals surface area (Å²) < 4.78 is 23.1. The van der Waals surface area contributed by atoms with E-state index in [1.165, 1.54) is 148 Å². The average Bonchev–Trinajstić information content (AvgIpc) is 3.17. The Morgan fingerprint density at radius 2 is 0.932 bits per heavy atom. The van der Waals surface area contributed by atoms with Crippen molar-refractivity contribution in [3.8, 4) is 0 Å². The lowest BCUT2D eigenvalue weighted by molar-refractivity contribution is -0.870. The van der Waals surface area contributed by atoms with Gasteiger partial charge in [0.2, 0.25) is 5.91 Å². The maximum Gasteiger partial charge on any atom is 0.268 e. The van der Waals surface area contributed by atoms with E-state index in [9.17, 15) is 29.6 Å². The maximum absolute atomic E-state index is 13.0. The molecule has 5 atom stereocenters. The van der Waals surface area contributed by atoms with Gasteiger partial charge in [0.05, 0.1) is 39.9 Å². The van der Waals surface area contributed by atoms with E-state index in [1.54, 1.807) is 0 Å². The molecule has 0 saturated heterocycles. The van der Waals surface area contributed by atoms with Crippen LogP contribution < -0.4 is 10.2 Å². The molecule has 0 saturated carbocycles. The Labute approximate surface area is 365 Å². The Balaban J connectivity index is 4.38. The number of hydrogen-bond donors (Lipinski definition) is 4. The maximum atomic E-state index is 13.0. The number of unbranched alkanes of at least 4 members (excludes halogenated alkanes) is 28. The Kier molecular flexibility index (Phi) is 38.7.